The average Bonchev–Trinajstić information content (AvgIpc) is 2.97. The fraction of sp³-hybridized carbons (Fsp3) is 0.0714. The summed E-state index contributed by atoms with van der Waals surface area (Å²) in [6, 6.07) is 6.75. The van der Waals surface area contributed by atoms with Crippen molar-refractivity contribution in [2.75, 3.05) is 0 Å². The highest BCUT2D eigenvalue weighted by Gasteiger charge is 2.33. The molecule has 1 aromatic carbocycles. The SMILES string of the molecule is FC(F)(F)c1cc(-c2nc(-c3ccncc3)no2)ccc1Cl. The van der Waals surface area contributed by atoms with Gasteiger partial charge in [-0.1, -0.05) is 16.8 Å². The largest absolute Gasteiger partial charge is 0.417 e. The molecule has 8 heteroatoms. The van der Waals surface area contributed by atoms with Crippen molar-refractivity contribution in [2.24, 2.45) is 0 Å². The molecule has 0 atom stereocenters. The highest BCUT2D eigenvalue weighted by atomic mass is 35.5. The highest BCUT2D eigenvalue weighted by molar-refractivity contribution is 6.31. The van der Waals surface area contributed by atoms with Crippen LogP contribution in [-0.4, -0.2) is 15.1 Å². The Hall–Kier alpha value is -2.41. The van der Waals surface area contributed by atoms with Gasteiger partial charge in [-0.2, -0.15) is 18.2 Å². The van der Waals surface area contributed by atoms with Crippen molar-refractivity contribution >= 4 is 11.6 Å². The summed E-state index contributed by atoms with van der Waals surface area (Å²) in [7, 11) is 0. The summed E-state index contributed by atoms with van der Waals surface area (Å²) in [6.07, 6.45) is -1.45. The van der Waals surface area contributed by atoms with Gasteiger partial charge in [0, 0.05) is 23.5 Å². The van der Waals surface area contributed by atoms with Crippen molar-refractivity contribution in [3.63, 3.8) is 0 Å². The van der Waals surface area contributed by atoms with Gasteiger partial charge in [0.05, 0.1) is 10.6 Å². The molecule has 0 amide bonds. The van der Waals surface area contributed by atoms with Gasteiger partial charge in [-0.15, -0.1) is 0 Å². The van der Waals surface area contributed by atoms with Gasteiger partial charge in [-0.25, -0.2) is 0 Å². The summed E-state index contributed by atoms with van der Waals surface area (Å²) >= 11 is 5.58. The second-order valence-electron chi connectivity index (χ2n) is 4.35. The first-order chi connectivity index (χ1) is 10.4. The number of nitrogens with zero attached hydrogens (tertiary/aromatic N) is 3. The summed E-state index contributed by atoms with van der Waals surface area (Å²) in [5.41, 5.74) is -0.158. The van der Waals surface area contributed by atoms with E-state index < -0.39 is 11.7 Å². The third-order valence-electron chi connectivity index (χ3n) is 2.88. The fourth-order valence-electron chi connectivity index (χ4n) is 1.83. The Bertz CT molecular complexity index is 803. The molecule has 0 fully saturated rings. The molecule has 0 aliphatic heterocycles. The zero-order valence-electron chi connectivity index (χ0n) is 10.8. The van der Waals surface area contributed by atoms with Gasteiger partial charge in [-0.3, -0.25) is 4.98 Å². The van der Waals surface area contributed by atoms with Gasteiger partial charge in [0.1, 0.15) is 0 Å². The first-order valence-electron chi connectivity index (χ1n) is 6.06. The molecular formula is C14H7ClF3N3O. The molecule has 0 saturated carbocycles. The average molecular weight is 326 g/mol. The molecule has 0 bridgehead atoms. The van der Waals surface area contributed by atoms with E-state index in [4.69, 9.17) is 16.1 Å². The molecule has 0 radical (unpaired) electrons. The maximum Gasteiger partial charge on any atom is 0.417 e. The molecule has 0 unspecified atom stereocenters. The Morgan fingerprint density at radius 2 is 1.73 bits per heavy atom. The van der Waals surface area contributed by atoms with Crippen molar-refractivity contribution in [1.82, 2.24) is 15.1 Å². The minimum Gasteiger partial charge on any atom is -0.334 e. The molecule has 0 aliphatic rings. The maximum absolute atomic E-state index is 12.9. The van der Waals surface area contributed by atoms with E-state index in [2.05, 4.69) is 15.1 Å². The number of benzene rings is 1. The van der Waals surface area contributed by atoms with E-state index in [9.17, 15) is 13.2 Å². The van der Waals surface area contributed by atoms with Crippen LogP contribution in [0.3, 0.4) is 0 Å². The zero-order chi connectivity index (χ0) is 15.7. The monoisotopic (exact) mass is 325 g/mol. The minimum absolute atomic E-state index is 0.0195. The molecule has 0 aliphatic carbocycles. The van der Waals surface area contributed by atoms with Crippen LogP contribution in [0, 0.1) is 0 Å². The third-order valence-corrected chi connectivity index (χ3v) is 3.21. The topological polar surface area (TPSA) is 51.8 Å². The number of pyridine rings is 1. The summed E-state index contributed by atoms with van der Waals surface area (Å²) in [6.45, 7) is 0. The van der Waals surface area contributed by atoms with Crippen LogP contribution in [0.1, 0.15) is 5.56 Å². The Morgan fingerprint density at radius 3 is 2.41 bits per heavy atom. The standard InChI is InChI=1S/C14H7ClF3N3O/c15-11-2-1-9(7-10(11)14(16,17)18)13-20-12(21-22-13)8-3-5-19-6-4-8/h1-7H. The fourth-order valence-corrected chi connectivity index (χ4v) is 2.06. The predicted molar refractivity (Wildman–Crippen MR) is 73.0 cm³/mol. The molecule has 2 heterocycles. The lowest BCUT2D eigenvalue weighted by molar-refractivity contribution is -0.137. The number of rotatable bonds is 2. The van der Waals surface area contributed by atoms with E-state index in [0.717, 1.165) is 12.1 Å². The predicted octanol–water partition coefficient (Wildman–Crippen LogP) is 4.47. The van der Waals surface area contributed by atoms with Crippen LogP contribution in [-0.2, 0) is 6.18 Å². The van der Waals surface area contributed by atoms with Gasteiger partial charge in [-0.05, 0) is 30.3 Å². The Labute approximate surface area is 127 Å². The molecule has 0 spiro atoms. The van der Waals surface area contributed by atoms with Crippen molar-refractivity contribution in [3.05, 3.63) is 53.3 Å². The van der Waals surface area contributed by atoms with Crippen molar-refractivity contribution < 1.29 is 17.7 Å². The van der Waals surface area contributed by atoms with E-state index in [1.807, 2.05) is 0 Å². The van der Waals surface area contributed by atoms with Crippen LogP contribution >= 0.6 is 11.6 Å². The molecule has 4 nitrogen and oxygen atoms in total. The van der Waals surface area contributed by atoms with Crippen LogP contribution in [0.4, 0.5) is 13.2 Å². The summed E-state index contributed by atoms with van der Waals surface area (Å²) in [4.78, 5) is 7.95. The van der Waals surface area contributed by atoms with Crippen molar-refractivity contribution in [2.45, 2.75) is 6.18 Å². The van der Waals surface area contributed by atoms with Gasteiger partial charge in [0.15, 0.2) is 0 Å². The molecule has 2 aromatic heterocycles. The molecule has 112 valence electrons. The van der Waals surface area contributed by atoms with E-state index in [-0.39, 0.29) is 22.3 Å². The van der Waals surface area contributed by atoms with Gasteiger partial charge in [0.25, 0.3) is 5.89 Å². The minimum atomic E-state index is -4.55. The van der Waals surface area contributed by atoms with E-state index in [1.165, 1.54) is 6.07 Å². The molecule has 0 N–H and O–H groups in total. The molecule has 0 saturated heterocycles. The number of halogens is 4. The number of hydrogen-bond acceptors (Lipinski definition) is 4. The number of hydrogen-bond donors (Lipinski definition) is 0. The first kappa shape index (κ1) is 14.5. The van der Waals surface area contributed by atoms with Crippen LogP contribution in [0.25, 0.3) is 22.8 Å². The Morgan fingerprint density at radius 1 is 1.00 bits per heavy atom. The van der Waals surface area contributed by atoms with Crippen molar-refractivity contribution in [1.29, 1.82) is 0 Å². The van der Waals surface area contributed by atoms with Gasteiger partial charge in [0.2, 0.25) is 5.82 Å². The molecular weight excluding hydrogens is 319 g/mol. The first-order valence-corrected chi connectivity index (χ1v) is 6.44. The lowest BCUT2D eigenvalue weighted by atomic mass is 10.1. The van der Waals surface area contributed by atoms with Crippen LogP contribution < -0.4 is 0 Å². The zero-order valence-corrected chi connectivity index (χ0v) is 11.6. The Kier molecular flexibility index (Phi) is 3.58. The van der Waals surface area contributed by atoms with Crippen LogP contribution in [0.2, 0.25) is 5.02 Å². The Balaban J connectivity index is 2.01. The molecule has 3 aromatic rings. The normalized spacial score (nSPS) is 11.6. The second kappa shape index (κ2) is 5.42. The van der Waals surface area contributed by atoms with E-state index in [1.54, 1.807) is 24.5 Å². The van der Waals surface area contributed by atoms with Crippen LogP contribution in [0.15, 0.2) is 47.2 Å². The van der Waals surface area contributed by atoms with E-state index >= 15 is 0 Å². The molecule has 22 heavy (non-hydrogen) atoms. The van der Waals surface area contributed by atoms with Crippen molar-refractivity contribution in [3.8, 4) is 22.8 Å². The lowest BCUT2D eigenvalue weighted by Crippen LogP contribution is -2.05. The smallest absolute Gasteiger partial charge is 0.334 e. The third kappa shape index (κ3) is 2.80. The number of alkyl halides is 3. The quantitative estimate of drug-likeness (QED) is 0.697. The van der Waals surface area contributed by atoms with E-state index in [0.29, 0.717) is 5.56 Å². The summed E-state index contributed by atoms with van der Waals surface area (Å²) in [5.74, 6) is 0.245. The van der Waals surface area contributed by atoms with Gasteiger partial charge >= 0.3 is 6.18 Å². The van der Waals surface area contributed by atoms with Gasteiger partial charge < -0.3 is 4.52 Å². The lowest BCUT2D eigenvalue weighted by Gasteiger charge is -2.09. The maximum atomic E-state index is 12.9. The second-order valence-corrected chi connectivity index (χ2v) is 4.76. The summed E-state index contributed by atoms with van der Waals surface area (Å²) in [5, 5.41) is 3.36. The van der Waals surface area contributed by atoms with Crippen LogP contribution in [0.5, 0.6) is 0 Å². The number of aromatic nitrogens is 3. The highest BCUT2D eigenvalue weighted by Crippen LogP contribution is 2.37. The summed E-state index contributed by atoms with van der Waals surface area (Å²) < 4.78 is 43.6. The molecule has 3 rings (SSSR count).